The maximum Gasteiger partial charge on any atom is 0.333 e. The molecule has 0 bridgehead atoms. The Kier molecular flexibility index (Phi) is 5.45. The van der Waals surface area contributed by atoms with E-state index in [0.717, 1.165) is 17.5 Å². The van der Waals surface area contributed by atoms with Crippen molar-refractivity contribution in [2.24, 2.45) is 0 Å². The Balaban J connectivity index is 2.78. The van der Waals surface area contributed by atoms with Gasteiger partial charge < -0.3 is 9.84 Å². The van der Waals surface area contributed by atoms with E-state index in [4.69, 9.17) is 21.4 Å². The number of rotatable bonds is 6. The van der Waals surface area contributed by atoms with Crippen LogP contribution in [0.25, 0.3) is 0 Å². The second-order valence-electron chi connectivity index (χ2n) is 3.97. The SMILES string of the molecule is CCCO[C@H](Cc1cc(Cl)ccc1C)C(=O)O. The van der Waals surface area contributed by atoms with Gasteiger partial charge in [0.1, 0.15) is 0 Å². The number of benzene rings is 1. The van der Waals surface area contributed by atoms with E-state index in [2.05, 4.69) is 0 Å². The average Bonchev–Trinajstić information content (AvgIpc) is 2.28. The number of ether oxygens (including phenoxy) is 1. The highest BCUT2D eigenvalue weighted by Gasteiger charge is 2.19. The monoisotopic (exact) mass is 256 g/mol. The fraction of sp³-hybridized carbons (Fsp3) is 0.462. The second kappa shape index (κ2) is 6.62. The summed E-state index contributed by atoms with van der Waals surface area (Å²) >= 11 is 5.90. The van der Waals surface area contributed by atoms with Crippen molar-refractivity contribution in [2.75, 3.05) is 6.61 Å². The number of hydrogen-bond donors (Lipinski definition) is 1. The van der Waals surface area contributed by atoms with Crippen LogP contribution in [0.4, 0.5) is 0 Å². The van der Waals surface area contributed by atoms with Crippen molar-refractivity contribution in [1.82, 2.24) is 0 Å². The van der Waals surface area contributed by atoms with Gasteiger partial charge in [-0.25, -0.2) is 4.79 Å². The first-order valence-corrected chi connectivity index (χ1v) is 6.01. The topological polar surface area (TPSA) is 46.5 Å². The first-order valence-electron chi connectivity index (χ1n) is 5.64. The van der Waals surface area contributed by atoms with E-state index in [1.165, 1.54) is 0 Å². The van der Waals surface area contributed by atoms with E-state index in [-0.39, 0.29) is 0 Å². The fourth-order valence-corrected chi connectivity index (χ4v) is 1.73. The van der Waals surface area contributed by atoms with E-state index in [0.29, 0.717) is 18.1 Å². The summed E-state index contributed by atoms with van der Waals surface area (Å²) in [5.41, 5.74) is 1.95. The molecule has 94 valence electrons. The number of halogens is 1. The Morgan fingerprint density at radius 1 is 1.53 bits per heavy atom. The molecule has 1 aromatic rings. The van der Waals surface area contributed by atoms with Gasteiger partial charge in [-0.2, -0.15) is 0 Å². The molecule has 0 amide bonds. The molecule has 1 N–H and O–H groups in total. The molecule has 0 fully saturated rings. The molecule has 0 aliphatic rings. The minimum atomic E-state index is -0.933. The molecule has 0 heterocycles. The van der Waals surface area contributed by atoms with Crippen LogP contribution in [-0.2, 0) is 16.0 Å². The number of aliphatic carboxylic acids is 1. The lowest BCUT2D eigenvalue weighted by molar-refractivity contribution is -0.150. The Bertz CT molecular complexity index is 390. The van der Waals surface area contributed by atoms with Gasteiger partial charge in [0.2, 0.25) is 0 Å². The van der Waals surface area contributed by atoms with Crippen molar-refractivity contribution in [2.45, 2.75) is 32.8 Å². The molecule has 0 unspecified atom stereocenters. The lowest BCUT2D eigenvalue weighted by atomic mass is 10.0. The molecule has 0 aliphatic heterocycles. The zero-order valence-electron chi connectivity index (χ0n) is 10.1. The number of carboxylic acids is 1. The van der Waals surface area contributed by atoms with Crippen LogP contribution >= 0.6 is 11.6 Å². The number of carboxylic acid groups (broad SMARTS) is 1. The standard InChI is InChI=1S/C13H17ClO3/c1-3-6-17-12(13(15)16)8-10-7-11(14)5-4-9(10)2/h4-5,7,12H,3,6,8H2,1-2H3,(H,15,16)/t12-/m1/s1. The summed E-state index contributed by atoms with van der Waals surface area (Å²) in [6, 6.07) is 5.47. The van der Waals surface area contributed by atoms with Gasteiger partial charge in [-0.05, 0) is 36.6 Å². The second-order valence-corrected chi connectivity index (χ2v) is 4.41. The van der Waals surface area contributed by atoms with Gasteiger partial charge in [-0.3, -0.25) is 0 Å². The third-order valence-electron chi connectivity index (χ3n) is 2.52. The molecule has 0 saturated heterocycles. The Morgan fingerprint density at radius 3 is 2.82 bits per heavy atom. The van der Waals surface area contributed by atoms with E-state index in [9.17, 15) is 4.79 Å². The van der Waals surface area contributed by atoms with Crippen LogP contribution < -0.4 is 0 Å². The molecule has 1 atom stereocenters. The van der Waals surface area contributed by atoms with Crippen molar-refractivity contribution in [3.05, 3.63) is 34.3 Å². The minimum Gasteiger partial charge on any atom is -0.479 e. The molecule has 4 heteroatoms. The molecule has 0 aromatic heterocycles. The molecule has 0 saturated carbocycles. The summed E-state index contributed by atoms with van der Waals surface area (Å²) in [5, 5.41) is 9.68. The van der Waals surface area contributed by atoms with Gasteiger partial charge >= 0.3 is 5.97 Å². The average molecular weight is 257 g/mol. The molecule has 17 heavy (non-hydrogen) atoms. The van der Waals surface area contributed by atoms with Crippen LogP contribution in [0, 0.1) is 6.92 Å². The predicted molar refractivity (Wildman–Crippen MR) is 67.6 cm³/mol. The Hall–Kier alpha value is -1.06. The van der Waals surface area contributed by atoms with Crippen molar-refractivity contribution in [1.29, 1.82) is 0 Å². The molecule has 0 aliphatic carbocycles. The van der Waals surface area contributed by atoms with Gasteiger partial charge in [0.15, 0.2) is 6.10 Å². The van der Waals surface area contributed by atoms with E-state index in [1.807, 2.05) is 19.9 Å². The fourth-order valence-electron chi connectivity index (χ4n) is 1.54. The molecular weight excluding hydrogens is 240 g/mol. The summed E-state index contributed by atoms with van der Waals surface area (Å²) in [7, 11) is 0. The minimum absolute atomic E-state index is 0.349. The summed E-state index contributed by atoms with van der Waals surface area (Å²) in [5.74, 6) is -0.933. The molecule has 1 aromatic carbocycles. The van der Waals surface area contributed by atoms with Crippen LogP contribution in [0.3, 0.4) is 0 Å². The maximum atomic E-state index is 11.0. The highest BCUT2D eigenvalue weighted by Crippen LogP contribution is 2.18. The maximum absolute atomic E-state index is 11.0. The van der Waals surface area contributed by atoms with Crippen LogP contribution in [-0.4, -0.2) is 23.8 Å². The lowest BCUT2D eigenvalue weighted by Gasteiger charge is -2.14. The first-order chi connectivity index (χ1) is 8.04. The van der Waals surface area contributed by atoms with Gasteiger partial charge in [0.05, 0.1) is 0 Å². The quantitative estimate of drug-likeness (QED) is 0.851. The van der Waals surface area contributed by atoms with Gasteiger partial charge in [-0.1, -0.05) is 24.6 Å². The van der Waals surface area contributed by atoms with E-state index >= 15 is 0 Å². The smallest absolute Gasteiger partial charge is 0.333 e. The van der Waals surface area contributed by atoms with Crippen molar-refractivity contribution in [3.8, 4) is 0 Å². The normalized spacial score (nSPS) is 12.4. The Morgan fingerprint density at radius 2 is 2.24 bits per heavy atom. The van der Waals surface area contributed by atoms with Gasteiger partial charge in [0.25, 0.3) is 0 Å². The number of hydrogen-bond acceptors (Lipinski definition) is 2. The van der Waals surface area contributed by atoms with E-state index in [1.54, 1.807) is 12.1 Å². The largest absolute Gasteiger partial charge is 0.479 e. The number of carbonyl (C=O) groups is 1. The molecule has 3 nitrogen and oxygen atoms in total. The number of aryl methyl sites for hydroxylation is 1. The highest BCUT2D eigenvalue weighted by atomic mass is 35.5. The first kappa shape index (κ1) is 14.0. The van der Waals surface area contributed by atoms with Gasteiger partial charge in [0, 0.05) is 18.1 Å². The molecule has 0 spiro atoms. The van der Waals surface area contributed by atoms with Crippen molar-refractivity contribution < 1.29 is 14.6 Å². The predicted octanol–water partition coefficient (Wildman–Crippen LogP) is 3.07. The summed E-state index contributed by atoms with van der Waals surface area (Å²) in [6.45, 7) is 4.34. The summed E-state index contributed by atoms with van der Waals surface area (Å²) in [6.07, 6.45) is 0.354. The zero-order valence-corrected chi connectivity index (χ0v) is 10.8. The molecule has 0 radical (unpaired) electrons. The summed E-state index contributed by atoms with van der Waals surface area (Å²) < 4.78 is 5.31. The lowest BCUT2D eigenvalue weighted by Crippen LogP contribution is -2.27. The van der Waals surface area contributed by atoms with E-state index < -0.39 is 12.1 Å². The van der Waals surface area contributed by atoms with Gasteiger partial charge in [-0.15, -0.1) is 0 Å². The summed E-state index contributed by atoms with van der Waals surface area (Å²) in [4.78, 5) is 11.0. The molecule has 1 rings (SSSR count). The van der Waals surface area contributed by atoms with Crippen LogP contribution in [0.5, 0.6) is 0 Å². The highest BCUT2D eigenvalue weighted by molar-refractivity contribution is 6.30. The van der Waals surface area contributed by atoms with Crippen LogP contribution in [0.1, 0.15) is 24.5 Å². The zero-order chi connectivity index (χ0) is 12.8. The molecular formula is C13H17ClO3. The van der Waals surface area contributed by atoms with Crippen LogP contribution in [0.2, 0.25) is 5.02 Å². The van der Waals surface area contributed by atoms with Crippen molar-refractivity contribution >= 4 is 17.6 Å². The van der Waals surface area contributed by atoms with Crippen molar-refractivity contribution in [3.63, 3.8) is 0 Å². The Labute approximate surface area is 106 Å². The van der Waals surface area contributed by atoms with Crippen LogP contribution in [0.15, 0.2) is 18.2 Å². The third kappa shape index (κ3) is 4.36. The third-order valence-corrected chi connectivity index (χ3v) is 2.75.